The van der Waals surface area contributed by atoms with E-state index in [0.29, 0.717) is 5.69 Å². The first-order valence-corrected chi connectivity index (χ1v) is 7.81. The maximum Gasteiger partial charge on any atom is 0.337 e. The molecule has 1 aromatic carbocycles. The fourth-order valence-electron chi connectivity index (χ4n) is 2.25. The number of carboxylic acids is 1. The van der Waals surface area contributed by atoms with Gasteiger partial charge in [-0.15, -0.1) is 0 Å². The SMILES string of the molecule is N[C@H](Cc1nc(-c2ccc(O)cn2)no1)C(=O)Nc1ccccc1C(=O)O. The van der Waals surface area contributed by atoms with Gasteiger partial charge in [0.15, 0.2) is 0 Å². The molecule has 2 aromatic heterocycles. The Morgan fingerprint density at radius 1 is 1.22 bits per heavy atom. The summed E-state index contributed by atoms with van der Waals surface area (Å²) in [5.41, 5.74) is 6.34. The second kappa shape index (κ2) is 7.62. The predicted octanol–water partition coefficient (Wildman–Crippen LogP) is 1.04. The summed E-state index contributed by atoms with van der Waals surface area (Å²) in [7, 11) is 0. The highest BCUT2D eigenvalue weighted by Crippen LogP contribution is 2.17. The van der Waals surface area contributed by atoms with Crippen molar-refractivity contribution >= 4 is 17.6 Å². The number of nitrogens with two attached hydrogens (primary N) is 1. The molecule has 0 aliphatic carbocycles. The van der Waals surface area contributed by atoms with E-state index < -0.39 is 17.9 Å². The number of rotatable bonds is 6. The third-order valence-corrected chi connectivity index (χ3v) is 3.59. The van der Waals surface area contributed by atoms with Gasteiger partial charge in [-0.1, -0.05) is 17.3 Å². The van der Waals surface area contributed by atoms with Gasteiger partial charge in [-0.2, -0.15) is 4.98 Å². The Morgan fingerprint density at radius 2 is 2.00 bits per heavy atom. The summed E-state index contributed by atoms with van der Waals surface area (Å²) in [5, 5.41) is 24.6. The second-order valence-corrected chi connectivity index (χ2v) is 5.56. The lowest BCUT2D eigenvalue weighted by atomic mass is 10.1. The van der Waals surface area contributed by atoms with Gasteiger partial charge >= 0.3 is 5.97 Å². The molecular weight excluding hydrogens is 354 g/mol. The molecule has 5 N–H and O–H groups in total. The lowest BCUT2D eigenvalue weighted by Gasteiger charge is -2.12. The summed E-state index contributed by atoms with van der Waals surface area (Å²) in [4.78, 5) is 31.5. The van der Waals surface area contributed by atoms with E-state index in [9.17, 15) is 14.7 Å². The van der Waals surface area contributed by atoms with E-state index >= 15 is 0 Å². The van der Waals surface area contributed by atoms with E-state index in [1.807, 2.05) is 0 Å². The van der Waals surface area contributed by atoms with Gasteiger partial charge < -0.3 is 25.8 Å². The van der Waals surface area contributed by atoms with Crippen LogP contribution < -0.4 is 11.1 Å². The predicted molar refractivity (Wildman–Crippen MR) is 92.9 cm³/mol. The molecule has 3 aromatic rings. The van der Waals surface area contributed by atoms with Gasteiger partial charge in [0, 0.05) is 0 Å². The van der Waals surface area contributed by atoms with Gasteiger partial charge in [0.25, 0.3) is 0 Å². The zero-order valence-electron chi connectivity index (χ0n) is 13.9. The van der Waals surface area contributed by atoms with Gasteiger partial charge in [-0.25, -0.2) is 9.78 Å². The Labute approximate surface area is 152 Å². The average Bonchev–Trinajstić information content (AvgIpc) is 3.11. The van der Waals surface area contributed by atoms with Crippen LogP contribution >= 0.6 is 0 Å². The summed E-state index contributed by atoms with van der Waals surface area (Å²) < 4.78 is 5.06. The number of aromatic carboxylic acids is 1. The number of nitrogens with one attached hydrogen (secondary N) is 1. The van der Waals surface area contributed by atoms with Gasteiger partial charge in [0.2, 0.25) is 17.6 Å². The van der Waals surface area contributed by atoms with E-state index in [1.54, 1.807) is 12.1 Å². The number of nitrogens with zero attached hydrogens (tertiary/aromatic N) is 3. The van der Waals surface area contributed by atoms with Crippen LogP contribution in [-0.2, 0) is 11.2 Å². The molecule has 0 fully saturated rings. The van der Waals surface area contributed by atoms with Crippen LogP contribution in [0.2, 0.25) is 0 Å². The number of carboxylic acid groups (broad SMARTS) is 1. The van der Waals surface area contributed by atoms with Crippen molar-refractivity contribution in [2.24, 2.45) is 5.73 Å². The number of anilines is 1. The maximum absolute atomic E-state index is 12.2. The van der Waals surface area contributed by atoms with Crippen LogP contribution in [0.15, 0.2) is 47.1 Å². The van der Waals surface area contributed by atoms with Crippen molar-refractivity contribution < 1.29 is 24.3 Å². The molecule has 10 nitrogen and oxygen atoms in total. The highest BCUT2D eigenvalue weighted by Gasteiger charge is 2.20. The molecule has 0 aliphatic heterocycles. The summed E-state index contributed by atoms with van der Waals surface area (Å²) in [6, 6.07) is 7.90. The number of benzene rings is 1. The molecule has 1 amide bonds. The van der Waals surface area contributed by atoms with Crippen LogP contribution in [0.4, 0.5) is 5.69 Å². The molecule has 2 heterocycles. The zero-order valence-corrected chi connectivity index (χ0v) is 13.9. The molecule has 0 spiro atoms. The Bertz CT molecular complexity index is 970. The average molecular weight is 369 g/mol. The highest BCUT2D eigenvalue weighted by atomic mass is 16.5. The minimum Gasteiger partial charge on any atom is -0.506 e. The number of para-hydroxylation sites is 1. The van der Waals surface area contributed by atoms with Gasteiger partial charge in [0.1, 0.15) is 11.4 Å². The summed E-state index contributed by atoms with van der Waals surface area (Å²) in [6.07, 6.45) is 1.19. The second-order valence-electron chi connectivity index (χ2n) is 5.56. The van der Waals surface area contributed by atoms with Gasteiger partial charge in [-0.05, 0) is 24.3 Å². The minimum absolute atomic E-state index is 0.00260. The zero-order chi connectivity index (χ0) is 19.4. The molecule has 0 unspecified atom stereocenters. The van der Waals surface area contributed by atoms with Gasteiger partial charge in [0.05, 0.1) is 29.9 Å². The van der Waals surface area contributed by atoms with Crippen molar-refractivity contribution in [3.8, 4) is 17.3 Å². The molecule has 0 radical (unpaired) electrons. The fraction of sp³-hybridized carbons (Fsp3) is 0.118. The lowest BCUT2D eigenvalue weighted by molar-refractivity contribution is -0.117. The standard InChI is InChI=1S/C17H15N5O5/c18-11(16(24)20-12-4-2-1-3-10(12)17(25)26)7-14-21-15(22-27-14)13-6-5-9(23)8-19-13/h1-6,8,11,23H,7,18H2,(H,20,24)(H,25,26)/t11-/m1/s1. The Hall–Kier alpha value is -3.79. The third kappa shape index (κ3) is 4.25. The number of aromatic nitrogens is 3. The van der Waals surface area contributed by atoms with E-state index in [1.165, 1.54) is 30.5 Å². The Balaban J connectivity index is 1.67. The largest absolute Gasteiger partial charge is 0.506 e. The normalized spacial score (nSPS) is 11.7. The number of hydrogen-bond donors (Lipinski definition) is 4. The Morgan fingerprint density at radius 3 is 2.70 bits per heavy atom. The number of carbonyl (C=O) groups excluding carboxylic acids is 1. The first kappa shape index (κ1) is 18.0. The van der Waals surface area contributed by atoms with Crippen molar-refractivity contribution in [1.82, 2.24) is 15.1 Å². The molecular formula is C17H15N5O5. The fourth-order valence-corrected chi connectivity index (χ4v) is 2.25. The number of pyridine rings is 1. The van der Waals surface area contributed by atoms with E-state index in [0.717, 1.165) is 0 Å². The highest BCUT2D eigenvalue weighted by molar-refractivity contribution is 6.02. The van der Waals surface area contributed by atoms with Crippen LogP contribution in [0.1, 0.15) is 16.2 Å². The van der Waals surface area contributed by atoms with Crippen LogP contribution in [0.25, 0.3) is 11.5 Å². The number of amides is 1. The third-order valence-electron chi connectivity index (χ3n) is 3.59. The van der Waals surface area contributed by atoms with E-state index in [2.05, 4.69) is 20.4 Å². The van der Waals surface area contributed by atoms with Crippen molar-refractivity contribution in [3.05, 3.63) is 54.0 Å². The summed E-state index contributed by atoms with van der Waals surface area (Å²) in [6.45, 7) is 0. The number of aromatic hydroxyl groups is 1. The smallest absolute Gasteiger partial charge is 0.337 e. The Kier molecular flexibility index (Phi) is 5.08. The first-order valence-electron chi connectivity index (χ1n) is 7.81. The molecule has 10 heteroatoms. The summed E-state index contributed by atoms with van der Waals surface area (Å²) in [5.74, 6) is -1.45. The quantitative estimate of drug-likeness (QED) is 0.497. The van der Waals surface area contributed by atoms with Crippen LogP contribution in [0.5, 0.6) is 5.75 Å². The first-order chi connectivity index (χ1) is 12.9. The van der Waals surface area contributed by atoms with Crippen LogP contribution in [0.3, 0.4) is 0 Å². The van der Waals surface area contributed by atoms with E-state index in [-0.39, 0.29) is 35.1 Å². The molecule has 138 valence electrons. The summed E-state index contributed by atoms with van der Waals surface area (Å²) >= 11 is 0. The van der Waals surface area contributed by atoms with Crippen molar-refractivity contribution in [3.63, 3.8) is 0 Å². The van der Waals surface area contributed by atoms with Crippen molar-refractivity contribution in [2.45, 2.75) is 12.5 Å². The molecule has 3 rings (SSSR count). The molecule has 0 aliphatic rings. The van der Waals surface area contributed by atoms with Crippen LogP contribution in [0, 0.1) is 0 Å². The van der Waals surface area contributed by atoms with E-state index in [4.69, 9.17) is 15.4 Å². The lowest BCUT2D eigenvalue weighted by Crippen LogP contribution is -2.37. The maximum atomic E-state index is 12.2. The number of carbonyl (C=O) groups is 2. The molecule has 27 heavy (non-hydrogen) atoms. The topological polar surface area (TPSA) is 164 Å². The molecule has 0 bridgehead atoms. The van der Waals surface area contributed by atoms with Gasteiger partial charge in [-0.3, -0.25) is 4.79 Å². The molecule has 1 atom stereocenters. The van der Waals surface area contributed by atoms with Crippen molar-refractivity contribution in [2.75, 3.05) is 5.32 Å². The monoisotopic (exact) mass is 369 g/mol. The van der Waals surface area contributed by atoms with Crippen LogP contribution in [-0.4, -0.2) is 43.3 Å². The molecule has 0 saturated heterocycles. The minimum atomic E-state index is -1.16. The molecule has 0 saturated carbocycles. The number of hydrogen-bond acceptors (Lipinski definition) is 8. The van der Waals surface area contributed by atoms with Crippen molar-refractivity contribution in [1.29, 1.82) is 0 Å².